The number of carbonyl (C=O) groups excluding carboxylic acids is 1. The SMILES string of the molecule is COc1ccccc1NC(C)(C(N)=O)c1ccc(F)cc1. The molecule has 0 heterocycles. The molecule has 4 nitrogen and oxygen atoms in total. The Kier molecular flexibility index (Phi) is 4.12. The van der Waals surface area contributed by atoms with Crippen molar-refractivity contribution < 1.29 is 13.9 Å². The lowest BCUT2D eigenvalue weighted by Gasteiger charge is -2.30. The van der Waals surface area contributed by atoms with E-state index < -0.39 is 11.4 Å². The molecule has 1 amide bonds. The lowest BCUT2D eigenvalue weighted by atomic mass is 9.90. The summed E-state index contributed by atoms with van der Waals surface area (Å²) in [6.07, 6.45) is 0. The topological polar surface area (TPSA) is 64.3 Å². The maximum Gasteiger partial charge on any atom is 0.247 e. The highest BCUT2D eigenvalue weighted by Crippen LogP contribution is 2.31. The van der Waals surface area contributed by atoms with Gasteiger partial charge in [0.2, 0.25) is 5.91 Å². The van der Waals surface area contributed by atoms with Gasteiger partial charge in [0.1, 0.15) is 17.1 Å². The van der Waals surface area contributed by atoms with Gasteiger partial charge in [0.05, 0.1) is 12.8 Å². The van der Waals surface area contributed by atoms with Crippen LogP contribution < -0.4 is 15.8 Å². The summed E-state index contributed by atoms with van der Waals surface area (Å²) in [5, 5.41) is 3.09. The van der Waals surface area contributed by atoms with Crippen molar-refractivity contribution in [1.82, 2.24) is 0 Å². The number of halogens is 1. The Morgan fingerprint density at radius 2 is 1.81 bits per heavy atom. The second-order valence-electron chi connectivity index (χ2n) is 4.82. The number of amides is 1. The lowest BCUT2D eigenvalue weighted by Crippen LogP contribution is -2.45. The Morgan fingerprint density at radius 1 is 1.19 bits per heavy atom. The third-order valence-corrected chi connectivity index (χ3v) is 3.41. The molecule has 0 radical (unpaired) electrons. The van der Waals surface area contributed by atoms with E-state index in [1.165, 1.54) is 24.3 Å². The zero-order valence-corrected chi connectivity index (χ0v) is 11.9. The van der Waals surface area contributed by atoms with Crippen LogP contribution in [-0.4, -0.2) is 13.0 Å². The highest BCUT2D eigenvalue weighted by molar-refractivity contribution is 5.89. The monoisotopic (exact) mass is 288 g/mol. The predicted octanol–water partition coefficient (Wildman–Crippen LogP) is 2.65. The smallest absolute Gasteiger partial charge is 0.247 e. The van der Waals surface area contributed by atoms with E-state index in [1.54, 1.807) is 26.2 Å². The summed E-state index contributed by atoms with van der Waals surface area (Å²) >= 11 is 0. The second-order valence-corrected chi connectivity index (χ2v) is 4.82. The first-order valence-electron chi connectivity index (χ1n) is 6.44. The van der Waals surface area contributed by atoms with E-state index in [-0.39, 0.29) is 5.82 Å². The summed E-state index contributed by atoms with van der Waals surface area (Å²) in [4.78, 5) is 11.9. The molecular weight excluding hydrogens is 271 g/mol. The molecule has 0 aromatic heterocycles. The summed E-state index contributed by atoms with van der Waals surface area (Å²) in [6.45, 7) is 1.65. The normalized spacial score (nSPS) is 13.3. The van der Waals surface area contributed by atoms with Crippen molar-refractivity contribution in [3.63, 3.8) is 0 Å². The molecule has 0 bridgehead atoms. The van der Waals surface area contributed by atoms with E-state index in [1.807, 2.05) is 12.1 Å². The van der Waals surface area contributed by atoms with Crippen LogP contribution in [0.2, 0.25) is 0 Å². The second kappa shape index (κ2) is 5.83. The molecule has 2 aromatic rings. The van der Waals surface area contributed by atoms with Gasteiger partial charge in [0, 0.05) is 0 Å². The summed E-state index contributed by atoms with van der Waals surface area (Å²) < 4.78 is 18.3. The van der Waals surface area contributed by atoms with E-state index in [4.69, 9.17) is 10.5 Å². The van der Waals surface area contributed by atoms with Crippen molar-refractivity contribution in [2.24, 2.45) is 5.73 Å². The third-order valence-electron chi connectivity index (χ3n) is 3.41. The average Bonchev–Trinajstić information content (AvgIpc) is 2.48. The van der Waals surface area contributed by atoms with Gasteiger partial charge in [0.25, 0.3) is 0 Å². The van der Waals surface area contributed by atoms with E-state index >= 15 is 0 Å². The Bertz CT molecular complexity index is 643. The summed E-state index contributed by atoms with van der Waals surface area (Å²) in [5.41, 5.74) is 5.57. The van der Waals surface area contributed by atoms with Gasteiger partial charge in [-0.3, -0.25) is 4.79 Å². The molecular formula is C16H17FN2O2. The fraction of sp³-hybridized carbons (Fsp3) is 0.188. The number of methoxy groups -OCH3 is 1. The van der Waals surface area contributed by atoms with Crippen molar-refractivity contribution in [3.05, 3.63) is 59.9 Å². The van der Waals surface area contributed by atoms with Crippen LogP contribution >= 0.6 is 0 Å². The molecule has 1 unspecified atom stereocenters. The molecule has 5 heteroatoms. The van der Waals surface area contributed by atoms with Gasteiger partial charge in [-0.05, 0) is 36.8 Å². The number of ether oxygens (including phenoxy) is 1. The molecule has 0 aliphatic heterocycles. The summed E-state index contributed by atoms with van der Waals surface area (Å²) in [6, 6.07) is 12.8. The van der Waals surface area contributed by atoms with Gasteiger partial charge < -0.3 is 15.8 Å². The van der Waals surface area contributed by atoms with Crippen LogP contribution in [0.3, 0.4) is 0 Å². The van der Waals surface area contributed by atoms with Crippen LogP contribution in [0.25, 0.3) is 0 Å². The number of carbonyl (C=O) groups is 1. The molecule has 0 aliphatic carbocycles. The fourth-order valence-corrected chi connectivity index (χ4v) is 2.08. The average molecular weight is 288 g/mol. The Hall–Kier alpha value is -2.56. The number of anilines is 1. The number of hydrogen-bond donors (Lipinski definition) is 2. The number of para-hydroxylation sites is 2. The Balaban J connectivity index is 2.43. The standard InChI is InChI=1S/C16H17FN2O2/c1-16(15(18)20,11-7-9-12(17)10-8-11)19-13-5-3-4-6-14(13)21-2/h3-10,19H,1-2H3,(H2,18,20). The molecule has 2 aromatic carbocycles. The van der Waals surface area contributed by atoms with Crippen LogP contribution in [-0.2, 0) is 10.3 Å². The van der Waals surface area contributed by atoms with Crippen LogP contribution in [0, 0.1) is 5.82 Å². The maximum absolute atomic E-state index is 13.1. The first-order chi connectivity index (χ1) is 9.97. The molecule has 3 N–H and O–H groups in total. The molecule has 1 atom stereocenters. The van der Waals surface area contributed by atoms with Crippen molar-refractivity contribution >= 4 is 11.6 Å². The minimum Gasteiger partial charge on any atom is -0.495 e. The number of primary amides is 1. The van der Waals surface area contributed by atoms with Crippen molar-refractivity contribution in [3.8, 4) is 5.75 Å². The van der Waals surface area contributed by atoms with Crippen molar-refractivity contribution in [2.45, 2.75) is 12.5 Å². The Labute approximate surface area is 122 Å². The number of hydrogen-bond acceptors (Lipinski definition) is 3. The van der Waals surface area contributed by atoms with Gasteiger partial charge >= 0.3 is 0 Å². The first kappa shape index (κ1) is 14.8. The number of rotatable bonds is 5. The fourth-order valence-electron chi connectivity index (χ4n) is 2.08. The quantitative estimate of drug-likeness (QED) is 0.889. The van der Waals surface area contributed by atoms with E-state index in [2.05, 4.69) is 5.32 Å². The summed E-state index contributed by atoms with van der Waals surface area (Å²) in [5.74, 6) is -0.352. The minimum absolute atomic E-state index is 0.372. The van der Waals surface area contributed by atoms with E-state index in [0.717, 1.165) is 0 Å². The van der Waals surface area contributed by atoms with Gasteiger partial charge in [-0.1, -0.05) is 24.3 Å². The number of nitrogens with one attached hydrogen (secondary N) is 1. The zero-order valence-electron chi connectivity index (χ0n) is 11.9. The number of benzene rings is 2. The maximum atomic E-state index is 13.1. The van der Waals surface area contributed by atoms with Gasteiger partial charge in [-0.2, -0.15) is 0 Å². The highest BCUT2D eigenvalue weighted by Gasteiger charge is 2.33. The Morgan fingerprint density at radius 3 is 2.38 bits per heavy atom. The zero-order chi connectivity index (χ0) is 15.5. The first-order valence-corrected chi connectivity index (χ1v) is 6.44. The van der Waals surface area contributed by atoms with Crippen LogP contribution in [0.5, 0.6) is 5.75 Å². The molecule has 0 spiro atoms. The predicted molar refractivity (Wildman–Crippen MR) is 79.6 cm³/mol. The number of nitrogens with two attached hydrogens (primary N) is 1. The van der Waals surface area contributed by atoms with Crippen molar-refractivity contribution in [2.75, 3.05) is 12.4 Å². The summed E-state index contributed by atoms with van der Waals surface area (Å²) in [7, 11) is 1.54. The lowest BCUT2D eigenvalue weighted by molar-refractivity contribution is -0.122. The van der Waals surface area contributed by atoms with Crippen LogP contribution in [0.15, 0.2) is 48.5 Å². The molecule has 0 aliphatic rings. The molecule has 0 saturated carbocycles. The largest absolute Gasteiger partial charge is 0.495 e. The van der Waals surface area contributed by atoms with E-state index in [9.17, 15) is 9.18 Å². The highest BCUT2D eigenvalue weighted by atomic mass is 19.1. The van der Waals surface area contributed by atoms with Gasteiger partial charge in [0.15, 0.2) is 0 Å². The third kappa shape index (κ3) is 2.97. The van der Waals surface area contributed by atoms with Crippen LogP contribution in [0.4, 0.5) is 10.1 Å². The van der Waals surface area contributed by atoms with E-state index in [0.29, 0.717) is 17.0 Å². The molecule has 0 saturated heterocycles. The molecule has 2 rings (SSSR count). The van der Waals surface area contributed by atoms with Crippen molar-refractivity contribution in [1.29, 1.82) is 0 Å². The minimum atomic E-state index is -1.18. The molecule has 0 fully saturated rings. The molecule has 21 heavy (non-hydrogen) atoms. The van der Waals surface area contributed by atoms with Crippen LogP contribution in [0.1, 0.15) is 12.5 Å². The van der Waals surface area contributed by atoms with Gasteiger partial charge in [-0.25, -0.2) is 4.39 Å². The molecule has 110 valence electrons. The van der Waals surface area contributed by atoms with Gasteiger partial charge in [-0.15, -0.1) is 0 Å².